The molecule has 1 heterocycles. The van der Waals surface area contributed by atoms with Crippen LogP contribution in [0.15, 0.2) is 21.2 Å². The summed E-state index contributed by atoms with van der Waals surface area (Å²) in [7, 11) is 0. The second-order valence-electron chi connectivity index (χ2n) is 6.16. The Morgan fingerprint density at radius 3 is 2.00 bits per heavy atom. The molecule has 22 heavy (non-hydrogen) atoms. The maximum Gasteiger partial charge on any atom is 0.321 e. The van der Waals surface area contributed by atoms with E-state index in [9.17, 15) is 4.79 Å². The van der Waals surface area contributed by atoms with Crippen molar-refractivity contribution in [3.8, 4) is 0 Å². The molecular weight excluding hydrogens is 344 g/mol. The molecule has 0 unspecified atom stereocenters. The third kappa shape index (κ3) is 6.86. The number of carbonyl (C=O) groups excluding carboxylic acids is 1. The number of nitrogens with one attached hydrogen (secondary N) is 2. The van der Waals surface area contributed by atoms with E-state index in [1.165, 1.54) is 57.8 Å². The van der Waals surface area contributed by atoms with Gasteiger partial charge in [0.15, 0.2) is 4.67 Å². The first-order valence-corrected chi connectivity index (χ1v) is 9.36. The Balaban J connectivity index is 1.77. The van der Waals surface area contributed by atoms with Crippen LogP contribution in [-0.4, -0.2) is 12.1 Å². The Hall–Kier alpha value is -0.970. The third-order valence-corrected chi connectivity index (χ3v) is 4.68. The summed E-state index contributed by atoms with van der Waals surface area (Å²) in [5, 5.41) is 5.85. The third-order valence-electron chi connectivity index (χ3n) is 4.25. The molecule has 0 bridgehead atoms. The van der Waals surface area contributed by atoms with E-state index >= 15 is 0 Å². The largest absolute Gasteiger partial charge is 0.434 e. The second-order valence-corrected chi connectivity index (χ2v) is 6.94. The molecule has 1 saturated carbocycles. The molecule has 2 rings (SSSR count). The summed E-state index contributed by atoms with van der Waals surface area (Å²) in [6.07, 6.45) is 13.9. The predicted molar refractivity (Wildman–Crippen MR) is 93.1 cm³/mol. The van der Waals surface area contributed by atoms with E-state index in [0.29, 0.717) is 10.6 Å². The van der Waals surface area contributed by atoms with Crippen LogP contribution in [0.4, 0.5) is 10.7 Å². The normalized spacial score (nSPS) is 19.0. The molecule has 1 aliphatic rings. The first-order chi connectivity index (χ1) is 10.7. The summed E-state index contributed by atoms with van der Waals surface area (Å²) < 4.78 is 5.92. The van der Waals surface area contributed by atoms with Crippen LogP contribution in [-0.2, 0) is 0 Å². The van der Waals surface area contributed by atoms with Crippen LogP contribution < -0.4 is 10.6 Å². The molecule has 1 aromatic heterocycles. The van der Waals surface area contributed by atoms with Crippen molar-refractivity contribution in [2.75, 3.05) is 5.32 Å². The predicted octanol–water partition coefficient (Wildman–Crippen LogP) is 5.84. The first kappa shape index (κ1) is 17.4. The zero-order valence-corrected chi connectivity index (χ0v) is 14.8. The number of rotatable bonds is 2. The van der Waals surface area contributed by atoms with Gasteiger partial charge in [0.05, 0.1) is 0 Å². The van der Waals surface area contributed by atoms with Crippen LogP contribution in [0, 0.1) is 0 Å². The molecule has 0 aromatic carbocycles. The minimum Gasteiger partial charge on any atom is -0.434 e. The number of furan rings is 1. The van der Waals surface area contributed by atoms with E-state index in [-0.39, 0.29) is 12.1 Å². The summed E-state index contributed by atoms with van der Waals surface area (Å²) in [5.41, 5.74) is 0. The maximum atomic E-state index is 12.1. The Morgan fingerprint density at radius 2 is 1.50 bits per heavy atom. The molecule has 5 heteroatoms. The van der Waals surface area contributed by atoms with E-state index in [4.69, 9.17) is 4.42 Å². The van der Waals surface area contributed by atoms with E-state index < -0.39 is 0 Å². The molecule has 0 aliphatic heterocycles. The van der Waals surface area contributed by atoms with Gasteiger partial charge >= 0.3 is 6.03 Å². The molecule has 0 radical (unpaired) electrons. The van der Waals surface area contributed by atoms with Gasteiger partial charge in [0.1, 0.15) is 0 Å². The molecule has 124 valence electrons. The van der Waals surface area contributed by atoms with Gasteiger partial charge < -0.3 is 9.73 Å². The maximum absolute atomic E-state index is 12.1. The lowest BCUT2D eigenvalue weighted by atomic mass is 9.98. The van der Waals surface area contributed by atoms with Gasteiger partial charge in [-0.2, -0.15) is 0 Å². The minimum atomic E-state index is -0.168. The number of urea groups is 1. The molecule has 0 saturated heterocycles. The van der Waals surface area contributed by atoms with Crippen molar-refractivity contribution in [1.29, 1.82) is 0 Å². The van der Waals surface area contributed by atoms with Crippen molar-refractivity contribution in [2.45, 2.75) is 76.7 Å². The molecular formula is C17H27BrN2O2. The minimum absolute atomic E-state index is 0.168. The zero-order chi connectivity index (χ0) is 15.6. The van der Waals surface area contributed by atoms with Crippen LogP contribution in [0.1, 0.15) is 70.6 Å². The molecule has 0 spiro atoms. The Kier molecular flexibility index (Phi) is 7.85. The molecule has 4 nitrogen and oxygen atoms in total. The van der Waals surface area contributed by atoms with Crippen LogP contribution in [0.5, 0.6) is 0 Å². The molecule has 1 aliphatic carbocycles. The summed E-state index contributed by atoms with van der Waals surface area (Å²) >= 11 is 3.23. The first-order valence-electron chi connectivity index (χ1n) is 8.57. The van der Waals surface area contributed by atoms with E-state index in [2.05, 4.69) is 26.6 Å². The fourth-order valence-electron chi connectivity index (χ4n) is 3.02. The van der Waals surface area contributed by atoms with Crippen molar-refractivity contribution < 1.29 is 9.21 Å². The van der Waals surface area contributed by atoms with Gasteiger partial charge in [-0.1, -0.05) is 57.8 Å². The van der Waals surface area contributed by atoms with E-state index in [1.807, 2.05) is 0 Å². The summed E-state index contributed by atoms with van der Waals surface area (Å²) in [6, 6.07) is 3.62. The number of carbonyl (C=O) groups is 1. The fraction of sp³-hybridized carbons (Fsp3) is 0.706. The van der Waals surface area contributed by atoms with Crippen molar-refractivity contribution in [3.05, 3.63) is 16.8 Å². The number of halogens is 1. The fourth-order valence-corrected chi connectivity index (χ4v) is 3.33. The highest BCUT2D eigenvalue weighted by atomic mass is 79.9. The van der Waals surface area contributed by atoms with Crippen molar-refractivity contribution in [3.63, 3.8) is 0 Å². The number of hydrogen-bond acceptors (Lipinski definition) is 2. The lowest BCUT2D eigenvalue weighted by Crippen LogP contribution is -2.38. The standard InChI is InChI=1S/C17H27BrN2O2/c18-15-12-13-16(22-15)20-17(21)19-14-10-8-6-4-2-1-3-5-7-9-11-14/h12-14H,1-11H2,(H2,19,20,21). The average molecular weight is 371 g/mol. The van der Waals surface area contributed by atoms with Gasteiger partial charge in [0.25, 0.3) is 0 Å². The van der Waals surface area contributed by atoms with E-state index in [1.54, 1.807) is 12.1 Å². The smallest absolute Gasteiger partial charge is 0.321 e. The lowest BCUT2D eigenvalue weighted by Gasteiger charge is -2.19. The molecule has 2 amide bonds. The van der Waals surface area contributed by atoms with Crippen molar-refractivity contribution in [2.24, 2.45) is 0 Å². The number of anilines is 1. The SMILES string of the molecule is O=C(Nc1ccc(Br)o1)NC1CCCCCCCCCCC1. The van der Waals surface area contributed by atoms with Crippen LogP contribution in [0.2, 0.25) is 0 Å². The summed E-state index contributed by atoms with van der Waals surface area (Å²) in [4.78, 5) is 12.1. The van der Waals surface area contributed by atoms with Gasteiger partial charge in [0, 0.05) is 12.1 Å². The Morgan fingerprint density at radius 1 is 0.955 bits per heavy atom. The zero-order valence-electron chi connectivity index (χ0n) is 13.2. The van der Waals surface area contributed by atoms with Gasteiger partial charge in [-0.05, 0) is 34.8 Å². The summed E-state index contributed by atoms with van der Waals surface area (Å²) in [6.45, 7) is 0. The van der Waals surface area contributed by atoms with E-state index in [0.717, 1.165) is 12.8 Å². The summed E-state index contributed by atoms with van der Waals surface area (Å²) in [5.74, 6) is 0.470. The molecule has 0 atom stereocenters. The molecule has 1 fully saturated rings. The Bertz CT molecular complexity index is 436. The molecule has 2 N–H and O–H groups in total. The average Bonchev–Trinajstić information content (AvgIpc) is 2.87. The lowest BCUT2D eigenvalue weighted by molar-refractivity contribution is 0.245. The van der Waals surface area contributed by atoms with Gasteiger partial charge in [-0.15, -0.1) is 0 Å². The second kappa shape index (κ2) is 9.93. The number of hydrogen-bond donors (Lipinski definition) is 2. The monoisotopic (exact) mass is 370 g/mol. The van der Waals surface area contributed by atoms with Gasteiger partial charge in [-0.3, -0.25) is 5.32 Å². The van der Waals surface area contributed by atoms with Gasteiger partial charge in [-0.25, -0.2) is 4.79 Å². The van der Waals surface area contributed by atoms with Crippen LogP contribution >= 0.6 is 15.9 Å². The number of amides is 2. The quantitative estimate of drug-likeness (QED) is 0.686. The van der Waals surface area contributed by atoms with Crippen molar-refractivity contribution >= 4 is 27.8 Å². The van der Waals surface area contributed by atoms with Crippen LogP contribution in [0.3, 0.4) is 0 Å². The topological polar surface area (TPSA) is 54.3 Å². The Labute approximate surface area is 141 Å². The molecule has 1 aromatic rings. The highest BCUT2D eigenvalue weighted by Gasteiger charge is 2.13. The van der Waals surface area contributed by atoms with Crippen molar-refractivity contribution in [1.82, 2.24) is 5.32 Å². The van der Waals surface area contributed by atoms with Crippen LogP contribution in [0.25, 0.3) is 0 Å². The highest BCUT2D eigenvalue weighted by Crippen LogP contribution is 2.19. The van der Waals surface area contributed by atoms with Gasteiger partial charge in [0.2, 0.25) is 5.88 Å². The highest BCUT2D eigenvalue weighted by molar-refractivity contribution is 9.10.